The van der Waals surface area contributed by atoms with E-state index in [-0.39, 0.29) is 0 Å². The highest BCUT2D eigenvalue weighted by Gasteiger charge is 2.25. The van der Waals surface area contributed by atoms with Crippen LogP contribution in [0.25, 0.3) is 0 Å². The number of anilines is 1. The summed E-state index contributed by atoms with van der Waals surface area (Å²) in [5.74, 6) is 1.89. The van der Waals surface area contributed by atoms with Crippen molar-refractivity contribution in [1.82, 2.24) is 9.78 Å². The second-order valence-corrected chi connectivity index (χ2v) is 5.30. The molecule has 0 spiro atoms. The molecule has 3 nitrogen and oxygen atoms in total. The van der Waals surface area contributed by atoms with Crippen molar-refractivity contribution in [2.45, 2.75) is 57.8 Å². The van der Waals surface area contributed by atoms with E-state index < -0.39 is 0 Å². The normalized spacial score (nSPS) is 18.2. The van der Waals surface area contributed by atoms with E-state index in [4.69, 9.17) is 5.73 Å². The molecule has 0 bridgehead atoms. The lowest BCUT2D eigenvalue weighted by Gasteiger charge is -2.24. The van der Waals surface area contributed by atoms with Gasteiger partial charge in [0.15, 0.2) is 0 Å². The third-order valence-electron chi connectivity index (χ3n) is 3.73. The lowest BCUT2D eigenvalue weighted by molar-refractivity contribution is 0.421. The highest BCUT2D eigenvalue weighted by molar-refractivity contribution is 5.46. The summed E-state index contributed by atoms with van der Waals surface area (Å²) in [6.45, 7) is 4.42. The first-order valence-electron chi connectivity index (χ1n) is 6.43. The Hall–Kier alpha value is -0.990. The number of nitrogens with two attached hydrogens (primary N) is 1. The summed E-state index contributed by atoms with van der Waals surface area (Å²) in [5.41, 5.74) is 8.70. The number of nitrogen functional groups attached to an aromatic ring is 1. The molecule has 1 saturated carbocycles. The Balaban J connectivity index is 2.37. The first-order chi connectivity index (χ1) is 7.61. The Morgan fingerprint density at radius 3 is 2.44 bits per heavy atom. The fourth-order valence-electron chi connectivity index (χ4n) is 3.03. The van der Waals surface area contributed by atoms with Crippen LogP contribution in [-0.2, 0) is 7.05 Å². The van der Waals surface area contributed by atoms with Crippen molar-refractivity contribution in [3.05, 3.63) is 11.3 Å². The molecule has 0 saturated heterocycles. The molecule has 2 N–H and O–H groups in total. The van der Waals surface area contributed by atoms with Crippen LogP contribution in [0.15, 0.2) is 0 Å². The molecule has 1 aromatic rings. The predicted molar refractivity (Wildman–Crippen MR) is 67.5 cm³/mol. The van der Waals surface area contributed by atoms with Crippen LogP contribution in [0.4, 0.5) is 5.82 Å². The lowest BCUT2D eigenvalue weighted by atomic mass is 9.83. The summed E-state index contributed by atoms with van der Waals surface area (Å²) < 4.78 is 2.01. The summed E-state index contributed by atoms with van der Waals surface area (Å²) in [6.07, 6.45) is 6.71. The molecule has 2 rings (SSSR count). The Bertz CT molecular complexity index is 359. The van der Waals surface area contributed by atoms with Crippen molar-refractivity contribution in [1.29, 1.82) is 0 Å². The second-order valence-electron chi connectivity index (χ2n) is 5.30. The van der Waals surface area contributed by atoms with E-state index in [1.165, 1.54) is 43.4 Å². The summed E-state index contributed by atoms with van der Waals surface area (Å²) >= 11 is 0. The molecule has 90 valence electrons. The van der Waals surface area contributed by atoms with E-state index in [9.17, 15) is 0 Å². The molecule has 1 aromatic heterocycles. The average molecular weight is 221 g/mol. The third kappa shape index (κ3) is 1.95. The lowest BCUT2D eigenvalue weighted by Crippen LogP contribution is -2.12. The minimum Gasteiger partial charge on any atom is -0.382 e. The number of hydrogen-bond donors (Lipinski definition) is 1. The fourth-order valence-corrected chi connectivity index (χ4v) is 3.03. The molecule has 1 fully saturated rings. The number of rotatable bonds is 2. The highest BCUT2D eigenvalue weighted by atomic mass is 15.3. The molecule has 0 aromatic carbocycles. The van der Waals surface area contributed by atoms with E-state index in [0.717, 1.165) is 5.82 Å². The topological polar surface area (TPSA) is 43.8 Å². The molecule has 0 amide bonds. The SMILES string of the molecule is CC(C)c1c(N)nn(C)c1C1CCCCC1. The molecule has 1 heterocycles. The Kier molecular flexibility index (Phi) is 3.22. The first kappa shape index (κ1) is 11.5. The highest BCUT2D eigenvalue weighted by Crippen LogP contribution is 2.38. The van der Waals surface area contributed by atoms with Crippen LogP contribution in [-0.4, -0.2) is 9.78 Å². The molecule has 1 aliphatic rings. The van der Waals surface area contributed by atoms with Gasteiger partial charge in [-0.3, -0.25) is 4.68 Å². The van der Waals surface area contributed by atoms with Gasteiger partial charge in [0.1, 0.15) is 5.82 Å². The number of nitrogens with zero attached hydrogens (tertiary/aromatic N) is 2. The van der Waals surface area contributed by atoms with Crippen LogP contribution in [0.1, 0.15) is 69.0 Å². The van der Waals surface area contributed by atoms with Gasteiger partial charge in [0.2, 0.25) is 0 Å². The Morgan fingerprint density at radius 1 is 1.25 bits per heavy atom. The molecular weight excluding hydrogens is 198 g/mol. The second kappa shape index (κ2) is 4.48. The molecular formula is C13H23N3. The Labute approximate surface area is 98.0 Å². The molecule has 0 radical (unpaired) electrons. The Morgan fingerprint density at radius 2 is 1.88 bits per heavy atom. The van der Waals surface area contributed by atoms with Gasteiger partial charge < -0.3 is 5.73 Å². The largest absolute Gasteiger partial charge is 0.382 e. The molecule has 0 atom stereocenters. The van der Waals surface area contributed by atoms with E-state index in [1.807, 2.05) is 11.7 Å². The zero-order chi connectivity index (χ0) is 11.7. The van der Waals surface area contributed by atoms with Gasteiger partial charge in [0, 0.05) is 24.2 Å². The van der Waals surface area contributed by atoms with Crippen LogP contribution in [0.5, 0.6) is 0 Å². The smallest absolute Gasteiger partial charge is 0.149 e. The summed E-state index contributed by atoms with van der Waals surface area (Å²) in [5, 5.41) is 4.40. The standard InChI is InChI=1S/C13H23N3/c1-9(2)11-12(16(3)15-13(11)14)10-7-5-4-6-8-10/h9-10H,4-8H2,1-3H3,(H2,14,15). The van der Waals surface area contributed by atoms with Crippen molar-refractivity contribution in [3.8, 4) is 0 Å². The minimum absolute atomic E-state index is 0.477. The number of aryl methyl sites for hydroxylation is 1. The van der Waals surface area contributed by atoms with Gasteiger partial charge in [0.05, 0.1) is 0 Å². The van der Waals surface area contributed by atoms with Crippen molar-refractivity contribution < 1.29 is 0 Å². The van der Waals surface area contributed by atoms with Crippen molar-refractivity contribution >= 4 is 5.82 Å². The van der Waals surface area contributed by atoms with E-state index in [0.29, 0.717) is 11.8 Å². The van der Waals surface area contributed by atoms with Crippen LogP contribution in [0.3, 0.4) is 0 Å². The van der Waals surface area contributed by atoms with Crippen LogP contribution >= 0.6 is 0 Å². The summed E-state index contributed by atoms with van der Waals surface area (Å²) in [6, 6.07) is 0. The maximum atomic E-state index is 6.02. The van der Waals surface area contributed by atoms with Crippen molar-refractivity contribution in [2.75, 3.05) is 5.73 Å². The van der Waals surface area contributed by atoms with E-state index in [2.05, 4.69) is 18.9 Å². The molecule has 3 heteroatoms. The van der Waals surface area contributed by atoms with Crippen LogP contribution < -0.4 is 5.73 Å². The maximum absolute atomic E-state index is 6.02. The van der Waals surface area contributed by atoms with Crippen LogP contribution in [0, 0.1) is 0 Å². The molecule has 0 unspecified atom stereocenters. The molecule has 16 heavy (non-hydrogen) atoms. The van der Waals surface area contributed by atoms with Gasteiger partial charge in [0.25, 0.3) is 0 Å². The average Bonchev–Trinajstić information content (AvgIpc) is 2.55. The van der Waals surface area contributed by atoms with E-state index in [1.54, 1.807) is 0 Å². The monoisotopic (exact) mass is 221 g/mol. The van der Waals surface area contributed by atoms with Gasteiger partial charge in [-0.1, -0.05) is 33.1 Å². The fraction of sp³-hybridized carbons (Fsp3) is 0.769. The number of hydrogen-bond acceptors (Lipinski definition) is 2. The quantitative estimate of drug-likeness (QED) is 0.833. The van der Waals surface area contributed by atoms with Crippen molar-refractivity contribution in [3.63, 3.8) is 0 Å². The van der Waals surface area contributed by atoms with Crippen LogP contribution in [0.2, 0.25) is 0 Å². The molecule has 0 aliphatic heterocycles. The summed E-state index contributed by atoms with van der Waals surface area (Å²) in [7, 11) is 2.03. The zero-order valence-corrected chi connectivity index (χ0v) is 10.7. The zero-order valence-electron chi connectivity index (χ0n) is 10.7. The van der Waals surface area contributed by atoms with E-state index >= 15 is 0 Å². The number of aromatic nitrogens is 2. The first-order valence-corrected chi connectivity index (χ1v) is 6.43. The van der Waals surface area contributed by atoms with Gasteiger partial charge in [-0.15, -0.1) is 0 Å². The van der Waals surface area contributed by atoms with Gasteiger partial charge >= 0.3 is 0 Å². The van der Waals surface area contributed by atoms with Crippen molar-refractivity contribution in [2.24, 2.45) is 7.05 Å². The van der Waals surface area contributed by atoms with Gasteiger partial charge in [-0.25, -0.2) is 0 Å². The van der Waals surface area contributed by atoms with Gasteiger partial charge in [-0.2, -0.15) is 5.10 Å². The predicted octanol–water partition coefficient (Wildman–Crippen LogP) is 3.17. The van der Waals surface area contributed by atoms with Gasteiger partial charge in [-0.05, 0) is 18.8 Å². The summed E-state index contributed by atoms with van der Waals surface area (Å²) in [4.78, 5) is 0. The maximum Gasteiger partial charge on any atom is 0.149 e. The minimum atomic E-state index is 0.477. The third-order valence-corrected chi connectivity index (χ3v) is 3.73. The molecule has 1 aliphatic carbocycles.